The maximum atomic E-state index is 13.5. The van der Waals surface area contributed by atoms with Crippen molar-refractivity contribution >= 4 is 57.5 Å². The molecular weight excluding hydrogens is 629 g/mol. The summed E-state index contributed by atoms with van der Waals surface area (Å²) in [4.78, 5) is 39.8. The molecule has 2 aliphatic rings. The van der Waals surface area contributed by atoms with Crippen LogP contribution >= 0.6 is 34.8 Å². The number of amides is 2. The normalized spacial score (nSPS) is 17.2. The Morgan fingerprint density at radius 2 is 1.58 bits per heavy atom. The predicted molar refractivity (Wildman–Crippen MR) is 185 cm³/mol. The van der Waals surface area contributed by atoms with Gasteiger partial charge in [0, 0.05) is 56.1 Å². The van der Waals surface area contributed by atoms with Crippen molar-refractivity contribution in [1.82, 2.24) is 10.2 Å². The summed E-state index contributed by atoms with van der Waals surface area (Å²) in [6.45, 7) is 9.38. The van der Waals surface area contributed by atoms with E-state index in [2.05, 4.69) is 41.2 Å². The summed E-state index contributed by atoms with van der Waals surface area (Å²) in [6, 6.07) is 20.2. The highest BCUT2D eigenvalue weighted by molar-refractivity contribution is 6.62. The third kappa shape index (κ3) is 8.10. The van der Waals surface area contributed by atoms with Crippen molar-refractivity contribution in [3.05, 3.63) is 98.5 Å². The van der Waals surface area contributed by atoms with Crippen LogP contribution in [0.1, 0.15) is 78.1 Å². The lowest BCUT2D eigenvalue weighted by Gasteiger charge is -2.42. The Hall–Kier alpha value is -2.90. The van der Waals surface area contributed by atoms with Crippen molar-refractivity contribution in [2.24, 2.45) is 0 Å². The topological polar surface area (TPSA) is 69.7 Å². The maximum absolute atomic E-state index is 13.5. The molecule has 3 aromatic carbocycles. The van der Waals surface area contributed by atoms with E-state index in [-0.39, 0.29) is 34.4 Å². The first-order valence-corrected chi connectivity index (χ1v) is 16.5. The van der Waals surface area contributed by atoms with Crippen molar-refractivity contribution in [1.29, 1.82) is 0 Å². The number of fused-ring (bicyclic) bond motifs is 2. The molecule has 240 valence electrons. The second-order valence-electron chi connectivity index (χ2n) is 12.3. The highest BCUT2D eigenvalue weighted by Crippen LogP contribution is 2.52. The van der Waals surface area contributed by atoms with Gasteiger partial charge in [0.15, 0.2) is 0 Å². The Morgan fingerprint density at radius 3 is 2.18 bits per heavy atom. The number of rotatable bonds is 7. The zero-order valence-electron chi connectivity index (χ0n) is 26.6. The first-order chi connectivity index (χ1) is 21.3. The molecule has 1 N–H and O–H groups in total. The summed E-state index contributed by atoms with van der Waals surface area (Å²) >= 11 is 17.4. The summed E-state index contributed by atoms with van der Waals surface area (Å²) in [6.07, 6.45) is 3.58. The molecule has 2 amide bonds. The fourth-order valence-corrected chi connectivity index (χ4v) is 7.50. The van der Waals surface area contributed by atoms with Crippen LogP contribution in [0.2, 0.25) is 10.0 Å². The van der Waals surface area contributed by atoms with Crippen LogP contribution in [0.15, 0.2) is 60.7 Å². The van der Waals surface area contributed by atoms with E-state index in [0.29, 0.717) is 22.2 Å². The van der Waals surface area contributed by atoms with Gasteiger partial charge in [-0.05, 0) is 106 Å². The highest BCUT2D eigenvalue weighted by Gasteiger charge is 2.52. The molecule has 0 unspecified atom stereocenters. The Morgan fingerprint density at radius 1 is 0.956 bits per heavy atom. The summed E-state index contributed by atoms with van der Waals surface area (Å²) < 4.78 is 0. The predicted octanol–water partition coefficient (Wildman–Crippen LogP) is 8.07. The first kappa shape index (κ1) is 35.0. The second-order valence-corrected chi connectivity index (χ2v) is 13.7. The minimum absolute atomic E-state index is 0.00433. The van der Waals surface area contributed by atoms with E-state index >= 15 is 0 Å². The quantitative estimate of drug-likeness (QED) is 0.258. The number of hydrogen-bond donors (Lipinski definition) is 1. The third-order valence-electron chi connectivity index (χ3n) is 9.00. The second kappa shape index (κ2) is 15.1. The molecule has 2 heterocycles. The average Bonchev–Trinajstić information content (AvgIpc) is 3.24. The van der Waals surface area contributed by atoms with E-state index < -0.39 is 0 Å². The lowest BCUT2D eigenvalue weighted by molar-refractivity contribution is -0.117. The molecule has 0 aliphatic carbocycles. The Kier molecular flexibility index (Phi) is 11.8. The van der Waals surface area contributed by atoms with Gasteiger partial charge in [0.05, 0.1) is 10.0 Å². The van der Waals surface area contributed by atoms with Gasteiger partial charge in [-0.2, -0.15) is 0 Å². The number of hydrogen-bond acceptors (Lipinski definition) is 4. The van der Waals surface area contributed by atoms with Gasteiger partial charge in [-0.15, -0.1) is 0 Å². The van der Waals surface area contributed by atoms with Crippen LogP contribution in [0.3, 0.4) is 0 Å². The largest absolute Gasteiger partial charge is 0.341 e. The van der Waals surface area contributed by atoms with Crippen molar-refractivity contribution < 1.29 is 14.4 Å². The molecule has 0 radical (unpaired) electrons. The zero-order valence-corrected chi connectivity index (χ0v) is 28.9. The van der Waals surface area contributed by atoms with Crippen LogP contribution in [-0.4, -0.2) is 54.7 Å². The Labute approximate surface area is 282 Å². The molecule has 0 bridgehead atoms. The Bertz CT molecular complexity index is 1530. The average molecular weight is 671 g/mol. The number of nitrogens with one attached hydrogen (secondary N) is 1. The van der Waals surface area contributed by atoms with Crippen LogP contribution in [0.25, 0.3) is 0 Å². The number of halogens is 3. The van der Waals surface area contributed by atoms with Crippen molar-refractivity contribution in [3.8, 4) is 0 Å². The van der Waals surface area contributed by atoms with E-state index in [1.807, 2.05) is 67.1 Å². The van der Waals surface area contributed by atoms with Gasteiger partial charge in [-0.1, -0.05) is 64.7 Å². The summed E-state index contributed by atoms with van der Waals surface area (Å²) in [7, 11) is 1.87. The lowest BCUT2D eigenvalue weighted by Crippen LogP contribution is -2.51. The summed E-state index contributed by atoms with van der Waals surface area (Å²) in [5, 5.41) is 4.18. The molecule has 5 rings (SSSR count). The monoisotopic (exact) mass is 669 g/mol. The van der Waals surface area contributed by atoms with Crippen LogP contribution in [0.4, 0.5) is 5.69 Å². The van der Waals surface area contributed by atoms with Crippen molar-refractivity contribution in [3.63, 3.8) is 0 Å². The molecular formula is C36H42Cl3N3O3. The minimum atomic E-state index is -0.361. The fourth-order valence-electron chi connectivity index (χ4n) is 7.19. The smallest absolute Gasteiger partial charge is 0.253 e. The molecule has 1 fully saturated rings. The number of likely N-dealkylation sites (N-methyl/N-ethyl adjacent to an activating group) is 1. The number of carbonyl (C=O) groups is 3. The van der Waals surface area contributed by atoms with Crippen LogP contribution in [0.5, 0.6) is 0 Å². The van der Waals surface area contributed by atoms with Gasteiger partial charge in [0.25, 0.3) is 5.91 Å². The lowest BCUT2D eigenvalue weighted by atomic mass is 9.68. The van der Waals surface area contributed by atoms with E-state index in [1.165, 1.54) is 12.5 Å². The fraction of sp³-hybridized carbons (Fsp3) is 0.417. The molecule has 9 heteroatoms. The van der Waals surface area contributed by atoms with E-state index in [4.69, 9.17) is 23.2 Å². The highest BCUT2D eigenvalue weighted by atomic mass is 35.5. The molecule has 1 saturated heterocycles. The third-order valence-corrected chi connectivity index (χ3v) is 9.74. The standard InChI is InChI=1S/C34H39Cl2N3O2.C2H3ClO/c1-22-17-23(2)19-27(18-22)33(41)38(4)21-26(25-9-11-29(35)30(36)20-25)10-12-32-34(13-15-37-16-14-34)28-7-5-6-8-31(28)39(32)24(3)40;1-2(3)4/h5-9,11,17-20,26,32,37H,10,12-16,21H2,1-4H3;1H3/t26-,32-;/m1./s1. The van der Waals surface area contributed by atoms with E-state index in [9.17, 15) is 14.4 Å². The van der Waals surface area contributed by atoms with Crippen LogP contribution < -0.4 is 10.2 Å². The van der Waals surface area contributed by atoms with Gasteiger partial charge in [0.2, 0.25) is 11.1 Å². The molecule has 3 aromatic rings. The Balaban J connectivity index is 0.00000109. The van der Waals surface area contributed by atoms with Gasteiger partial charge >= 0.3 is 0 Å². The first-order valence-electron chi connectivity index (χ1n) is 15.4. The summed E-state index contributed by atoms with van der Waals surface area (Å²) in [5.41, 5.74) is 6.12. The van der Waals surface area contributed by atoms with Crippen molar-refractivity contribution in [2.45, 2.75) is 70.8 Å². The number of anilines is 1. The van der Waals surface area contributed by atoms with Gasteiger partial charge in [0.1, 0.15) is 0 Å². The van der Waals surface area contributed by atoms with Crippen LogP contribution in [0, 0.1) is 13.8 Å². The molecule has 0 saturated carbocycles. The number of piperidine rings is 1. The number of aryl methyl sites for hydroxylation is 2. The number of para-hydroxylation sites is 1. The number of carbonyl (C=O) groups excluding carboxylic acids is 3. The molecule has 45 heavy (non-hydrogen) atoms. The van der Waals surface area contributed by atoms with Crippen LogP contribution in [-0.2, 0) is 15.0 Å². The molecule has 2 atom stereocenters. The maximum Gasteiger partial charge on any atom is 0.253 e. The molecule has 2 aliphatic heterocycles. The molecule has 6 nitrogen and oxygen atoms in total. The zero-order chi connectivity index (χ0) is 32.9. The number of benzene rings is 3. The molecule has 0 aromatic heterocycles. The van der Waals surface area contributed by atoms with E-state index in [0.717, 1.165) is 61.2 Å². The number of nitrogens with zero attached hydrogens (tertiary/aromatic N) is 2. The van der Waals surface area contributed by atoms with E-state index in [1.54, 1.807) is 6.92 Å². The minimum Gasteiger partial charge on any atom is -0.341 e. The van der Waals surface area contributed by atoms with Gasteiger partial charge in [-0.3, -0.25) is 14.4 Å². The summed E-state index contributed by atoms with van der Waals surface area (Å²) in [5.74, 6) is 0.0855. The molecule has 1 spiro atoms. The van der Waals surface area contributed by atoms with Gasteiger partial charge < -0.3 is 15.1 Å². The van der Waals surface area contributed by atoms with Crippen molar-refractivity contribution in [2.75, 3.05) is 31.6 Å². The van der Waals surface area contributed by atoms with Gasteiger partial charge in [-0.25, -0.2) is 0 Å². The SMILES string of the molecule is CC(=O)Cl.CC(=O)N1c2ccccc2C2(CCNCC2)[C@H]1CC[C@H](CN(C)C(=O)c1cc(C)cc(C)c1)c1ccc(Cl)c(Cl)c1.